The van der Waals surface area contributed by atoms with Crippen molar-refractivity contribution in [2.45, 2.75) is 6.92 Å². The highest BCUT2D eigenvalue weighted by atomic mass is 16.5. The molecule has 4 rings (SSSR count). The molecule has 2 aromatic carbocycles. The Bertz CT molecular complexity index is 1290. The second-order valence-electron chi connectivity index (χ2n) is 6.63. The minimum Gasteiger partial charge on any atom is -0.493 e. The van der Waals surface area contributed by atoms with E-state index in [9.17, 15) is 9.59 Å². The molecule has 8 nitrogen and oxygen atoms in total. The number of aryl methyl sites for hydroxylation is 1. The molecule has 0 atom stereocenters. The van der Waals surface area contributed by atoms with Gasteiger partial charge in [0, 0.05) is 22.7 Å². The SMILES string of the molecule is COc1cc2cc(C(=O)Nc3cc(-c4ncco4)ccc3C)c(=O)[nH]c2cc1OC. The third-order valence-electron chi connectivity index (χ3n) is 4.76. The van der Waals surface area contributed by atoms with Crippen LogP contribution in [0.5, 0.6) is 11.5 Å². The third kappa shape index (κ3) is 3.50. The molecule has 4 aromatic rings. The molecule has 152 valence electrons. The van der Waals surface area contributed by atoms with Gasteiger partial charge in [0.1, 0.15) is 11.8 Å². The zero-order valence-electron chi connectivity index (χ0n) is 16.6. The Balaban J connectivity index is 1.71. The van der Waals surface area contributed by atoms with Crippen LogP contribution in [0.2, 0.25) is 0 Å². The summed E-state index contributed by atoms with van der Waals surface area (Å²) in [6, 6.07) is 10.3. The number of nitrogens with zero attached hydrogens (tertiary/aromatic N) is 1. The number of H-pyrrole nitrogens is 1. The summed E-state index contributed by atoms with van der Waals surface area (Å²) in [6.07, 6.45) is 3.02. The van der Waals surface area contributed by atoms with Gasteiger partial charge in [0.25, 0.3) is 11.5 Å². The molecule has 30 heavy (non-hydrogen) atoms. The number of rotatable bonds is 5. The second-order valence-corrected chi connectivity index (χ2v) is 6.63. The molecule has 0 spiro atoms. The maximum Gasteiger partial charge on any atom is 0.261 e. The van der Waals surface area contributed by atoms with E-state index in [0.717, 1.165) is 5.56 Å². The fourth-order valence-electron chi connectivity index (χ4n) is 3.15. The van der Waals surface area contributed by atoms with Crippen molar-refractivity contribution in [3.63, 3.8) is 0 Å². The molecule has 0 aliphatic carbocycles. The van der Waals surface area contributed by atoms with Gasteiger partial charge in [-0.15, -0.1) is 0 Å². The van der Waals surface area contributed by atoms with E-state index in [0.29, 0.717) is 39.5 Å². The molecule has 2 heterocycles. The number of carbonyl (C=O) groups excluding carboxylic acids is 1. The summed E-state index contributed by atoms with van der Waals surface area (Å²) in [5, 5.41) is 3.44. The van der Waals surface area contributed by atoms with E-state index in [1.54, 1.807) is 24.4 Å². The standard InChI is InChI=1S/C22H19N3O5/c1-12-4-5-13(22-23-6-7-30-22)9-16(12)24-20(26)15-8-14-10-18(28-2)19(29-3)11-17(14)25-21(15)27/h4-11H,1-3H3,(H,24,26)(H,25,27). The van der Waals surface area contributed by atoms with E-state index in [-0.39, 0.29) is 5.56 Å². The number of hydrogen-bond donors (Lipinski definition) is 2. The Labute approximate surface area is 171 Å². The van der Waals surface area contributed by atoms with Crippen molar-refractivity contribution in [1.82, 2.24) is 9.97 Å². The molecule has 0 aliphatic rings. The van der Waals surface area contributed by atoms with Crippen LogP contribution in [0, 0.1) is 6.92 Å². The normalized spacial score (nSPS) is 10.8. The van der Waals surface area contributed by atoms with E-state index >= 15 is 0 Å². The van der Waals surface area contributed by atoms with Gasteiger partial charge in [0.05, 0.1) is 25.9 Å². The molecular formula is C22H19N3O5. The van der Waals surface area contributed by atoms with Gasteiger partial charge in [-0.1, -0.05) is 6.07 Å². The van der Waals surface area contributed by atoms with Crippen LogP contribution in [0.15, 0.2) is 58.1 Å². The number of methoxy groups -OCH3 is 2. The van der Waals surface area contributed by atoms with Crippen LogP contribution < -0.4 is 20.3 Å². The number of carbonyl (C=O) groups is 1. The number of amides is 1. The smallest absolute Gasteiger partial charge is 0.261 e. The van der Waals surface area contributed by atoms with Gasteiger partial charge in [0.2, 0.25) is 5.89 Å². The predicted molar refractivity (Wildman–Crippen MR) is 112 cm³/mol. The number of anilines is 1. The molecular weight excluding hydrogens is 386 g/mol. The van der Waals surface area contributed by atoms with E-state index in [2.05, 4.69) is 15.3 Å². The highest BCUT2D eigenvalue weighted by Gasteiger charge is 2.16. The van der Waals surface area contributed by atoms with Crippen LogP contribution >= 0.6 is 0 Å². The topological polar surface area (TPSA) is 106 Å². The van der Waals surface area contributed by atoms with Gasteiger partial charge >= 0.3 is 0 Å². The van der Waals surface area contributed by atoms with Crippen molar-refractivity contribution in [2.75, 3.05) is 19.5 Å². The number of aromatic nitrogens is 2. The number of benzene rings is 2. The van der Waals surface area contributed by atoms with Gasteiger partial charge in [-0.25, -0.2) is 4.98 Å². The molecule has 1 amide bonds. The van der Waals surface area contributed by atoms with Crippen molar-refractivity contribution in [3.05, 3.63) is 70.3 Å². The van der Waals surface area contributed by atoms with Crippen molar-refractivity contribution in [1.29, 1.82) is 0 Å². The zero-order chi connectivity index (χ0) is 21.3. The number of ether oxygens (including phenoxy) is 2. The fourth-order valence-corrected chi connectivity index (χ4v) is 3.15. The Morgan fingerprint density at radius 3 is 2.57 bits per heavy atom. The van der Waals surface area contributed by atoms with Crippen molar-refractivity contribution >= 4 is 22.5 Å². The number of hydrogen-bond acceptors (Lipinski definition) is 6. The molecule has 0 saturated carbocycles. The average molecular weight is 405 g/mol. The van der Waals surface area contributed by atoms with Crippen LogP contribution in [0.4, 0.5) is 5.69 Å². The first kappa shape index (κ1) is 19.3. The Morgan fingerprint density at radius 1 is 1.10 bits per heavy atom. The molecule has 0 unspecified atom stereocenters. The van der Waals surface area contributed by atoms with Gasteiger partial charge < -0.3 is 24.2 Å². The summed E-state index contributed by atoms with van der Waals surface area (Å²) in [5.41, 5.74) is 2.12. The monoisotopic (exact) mass is 405 g/mol. The van der Waals surface area contributed by atoms with Crippen LogP contribution in [0.1, 0.15) is 15.9 Å². The lowest BCUT2D eigenvalue weighted by atomic mass is 10.1. The van der Waals surface area contributed by atoms with Gasteiger partial charge in [0.15, 0.2) is 11.5 Å². The minimum atomic E-state index is -0.527. The minimum absolute atomic E-state index is 0.0179. The highest BCUT2D eigenvalue weighted by Crippen LogP contribution is 2.31. The Kier molecular flexibility index (Phi) is 4.97. The van der Waals surface area contributed by atoms with Crippen LogP contribution in [-0.4, -0.2) is 30.1 Å². The molecule has 8 heteroatoms. The largest absolute Gasteiger partial charge is 0.493 e. The lowest BCUT2D eigenvalue weighted by Crippen LogP contribution is -2.23. The number of fused-ring (bicyclic) bond motifs is 1. The van der Waals surface area contributed by atoms with E-state index < -0.39 is 11.5 Å². The first-order valence-electron chi connectivity index (χ1n) is 9.11. The number of aromatic amines is 1. The van der Waals surface area contributed by atoms with Crippen LogP contribution in [-0.2, 0) is 0 Å². The maximum atomic E-state index is 12.9. The van der Waals surface area contributed by atoms with E-state index in [4.69, 9.17) is 13.9 Å². The molecule has 2 N–H and O–H groups in total. The van der Waals surface area contributed by atoms with Crippen LogP contribution in [0.25, 0.3) is 22.4 Å². The number of oxazole rings is 1. The molecule has 0 aliphatic heterocycles. The molecule has 0 radical (unpaired) electrons. The zero-order valence-corrected chi connectivity index (χ0v) is 16.6. The summed E-state index contributed by atoms with van der Waals surface area (Å²) in [7, 11) is 3.03. The molecule has 0 fully saturated rings. The van der Waals surface area contributed by atoms with Gasteiger partial charge in [-0.3, -0.25) is 9.59 Å². The molecule has 0 bridgehead atoms. The Hall–Kier alpha value is -4.07. The lowest BCUT2D eigenvalue weighted by molar-refractivity contribution is 0.102. The lowest BCUT2D eigenvalue weighted by Gasteiger charge is -2.11. The van der Waals surface area contributed by atoms with Crippen molar-refractivity contribution < 1.29 is 18.7 Å². The Morgan fingerprint density at radius 2 is 1.87 bits per heavy atom. The fraction of sp³-hybridized carbons (Fsp3) is 0.136. The van der Waals surface area contributed by atoms with Crippen molar-refractivity contribution in [2.24, 2.45) is 0 Å². The highest BCUT2D eigenvalue weighted by molar-refractivity contribution is 6.06. The van der Waals surface area contributed by atoms with Crippen LogP contribution in [0.3, 0.4) is 0 Å². The quantitative estimate of drug-likeness (QED) is 0.524. The summed E-state index contributed by atoms with van der Waals surface area (Å²) in [5.74, 6) is 0.894. The summed E-state index contributed by atoms with van der Waals surface area (Å²) in [6.45, 7) is 1.86. The second kappa shape index (κ2) is 7.75. The summed E-state index contributed by atoms with van der Waals surface area (Å²) in [4.78, 5) is 32.3. The summed E-state index contributed by atoms with van der Waals surface area (Å²) >= 11 is 0. The van der Waals surface area contributed by atoms with E-state index in [1.165, 1.54) is 26.5 Å². The number of nitrogens with one attached hydrogen (secondary N) is 2. The number of pyridine rings is 1. The van der Waals surface area contributed by atoms with E-state index in [1.807, 2.05) is 19.1 Å². The first-order chi connectivity index (χ1) is 14.5. The third-order valence-corrected chi connectivity index (χ3v) is 4.76. The first-order valence-corrected chi connectivity index (χ1v) is 9.11. The predicted octanol–water partition coefficient (Wildman–Crippen LogP) is 3.76. The molecule has 0 saturated heterocycles. The summed E-state index contributed by atoms with van der Waals surface area (Å²) < 4.78 is 15.9. The average Bonchev–Trinajstić information content (AvgIpc) is 3.28. The van der Waals surface area contributed by atoms with Gasteiger partial charge in [-0.05, 0) is 36.8 Å². The maximum absolute atomic E-state index is 12.9. The molecule has 2 aromatic heterocycles. The van der Waals surface area contributed by atoms with Gasteiger partial charge in [-0.2, -0.15) is 0 Å². The van der Waals surface area contributed by atoms with Crippen molar-refractivity contribution in [3.8, 4) is 23.0 Å².